The van der Waals surface area contributed by atoms with Crippen LogP contribution in [0.25, 0.3) is 0 Å². The number of allylic oxidation sites excluding steroid dienone is 1. The molecule has 0 aromatic heterocycles. The Morgan fingerprint density at radius 3 is 2.78 bits per heavy atom. The summed E-state index contributed by atoms with van der Waals surface area (Å²) in [6, 6.07) is 11.1. The minimum atomic E-state index is -0.414. The molecule has 120 valence electrons. The zero-order valence-electron chi connectivity index (χ0n) is 12.8. The van der Waals surface area contributed by atoms with Crippen LogP contribution < -0.4 is 14.8 Å². The number of methoxy groups -OCH3 is 1. The van der Waals surface area contributed by atoms with Gasteiger partial charge < -0.3 is 14.8 Å². The molecule has 0 atom stereocenters. The maximum absolute atomic E-state index is 13.1. The van der Waals surface area contributed by atoms with Crippen LogP contribution in [0.15, 0.2) is 55.1 Å². The summed E-state index contributed by atoms with van der Waals surface area (Å²) >= 11 is 0. The fraction of sp³-hybridized carbons (Fsp3) is 0.167. The highest BCUT2D eigenvalue weighted by Gasteiger charge is 2.09. The normalized spacial score (nSPS) is 10.0. The van der Waals surface area contributed by atoms with Crippen molar-refractivity contribution in [3.8, 4) is 11.5 Å². The average Bonchev–Trinajstić information content (AvgIpc) is 2.54. The number of amides is 1. The Morgan fingerprint density at radius 1 is 1.26 bits per heavy atom. The second-order valence-corrected chi connectivity index (χ2v) is 4.83. The van der Waals surface area contributed by atoms with Gasteiger partial charge in [0, 0.05) is 5.69 Å². The van der Waals surface area contributed by atoms with Crippen molar-refractivity contribution >= 4 is 11.6 Å². The molecule has 2 aromatic rings. The van der Waals surface area contributed by atoms with E-state index >= 15 is 0 Å². The zero-order chi connectivity index (χ0) is 16.7. The lowest BCUT2D eigenvalue weighted by Gasteiger charge is -2.12. The molecule has 23 heavy (non-hydrogen) atoms. The molecule has 0 spiro atoms. The van der Waals surface area contributed by atoms with E-state index < -0.39 is 5.82 Å². The van der Waals surface area contributed by atoms with Gasteiger partial charge >= 0.3 is 0 Å². The van der Waals surface area contributed by atoms with E-state index in [-0.39, 0.29) is 12.5 Å². The standard InChI is InChI=1S/C18H18FNO3/c1-3-5-13-8-9-16(17(10-13)22-2)23-12-18(21)20-15-7-4-6-14(19)11-15/h3-4,6-11H,1,5,12H2,2H3,(H,20,21). The number of benzene rings is 2. The smallest absolute Gasteiger partial charge is 0.262 e. The van der Waals surface area contributed by atoms with Gasteiger partial charge in [0.25, 0.3) is 5.91 Å². The summed E-state index contributed by atoms with van der Waals surface area (Å²) in [5.41, 5.74) is 1.42. The number of ether oxygens (including phenoxy) is 2. The van der Waals surface area contributed by atoms with Crippen LogP contribution in [0.5, 0.6) is 11.5 Å². The fourth-order valence-electron chi connectivity index (χ4n) is 2.03. The van der Waals surface area contributed by atoms with E-state index in [0.717, 1.165) is 12.0 Å². The molecule has 0 aliphatic carbocycles. The van der Waals surface area contributed by atoms with Crippen molar-refractivity contribution in [1.29, 1.82) is 0 Å². The molecule has 2 aromatic carbocycles. The molecular weight excluding hydrogens is 297 g/mol. The molecule has 1 N–H and O–H groups in total. The Labute approximate surface area is 134 Å². The lowest BCUT2D eigenvalue weighted by molar-refractivity contribution is -0.118. The SMILES string of the molecule is C=CCc1ccc(OCC(=O)Nc2cccc(F)c2)c(OC)c1. The summed E-state index contributed by atoms with van der Waals surface area (Å²) in [5.74, 6) is 0.216. The summed E-state index contributed by atoms with van der Waals surface area (Å²) in [6.07, 6.45) is 2.51. The molecule has 0 unspecified atom stereocenters. The van der Waals surface area contributed by atoms with Gasteiger partial charge in [-0.15, -0.1) is 6.58 Å². The Kier molecular flexibility index (Phi) is 5.74. The summed E-state index contributed by atoms with van der Waals surface area (Å²) in [4.78, 5) is 11.9. The quantitative estimate of drug-likeness (QED) is 0.795. The van der Waals surface area contributed by atoms with Crippen molar-refractivity contribution < 1.29 is 18.7 Å². The number of halogens is 1. The fourth-order valence-corrected chi connectivity index (χ4v) is 2.03. The van der Waals surface area contributed by atoms with Gasteiger partial charge in [-0.1, -0.05) is 18.2 Å². The lowest BCUT2D eigenvalue weighted by Crippen LogP contribution is -2.20. The van der Waals surface area contributed by atoms with E-state index in [1.165, 1.54) is 25.3 Å². The predicted octanol–water partition coefficient (Wildman–Crippen LogP) is 3.58. The molecule has 0 saturated heterocycles. The third-order valence-electron chi connectivity index (χ3n) is 3.08. The van der Waals surface area contributed by atoms with Gasteiger partial charge in [0.1, 0.15) is 5.82 Å². The first kappa shape index (κ1) is 16.5. The van der Waals surface area contributed by atoms with Crippen LogP contribution in [0.4, 0.5) is 10.1 Å². The number of nitrogens with one attached hydrogen (secondary N) is 1. The summed E-state index contributed by atoms with van der Waals surface area (Å²) in [5, 5.41) is 2.56. The van der Waals surface area contributed by atoms with Crippen molar-refractivity contribution in [1.82, 2.24) is 0 Å². The molecule has 4 nitrogen and oxygen atoms in total. The average molecular weight is 315 g/mol. The molecule has 0 bridgehead atoms. The molecule has 2 rings (SSSR count). The Bertz CT molecular complexity index is 700. The van der Waals surface area contributed by atoms with E-state index in [4.69, 9.17) is 9.47 Å². The zero-order valence-corrected chi connectivity index (χ0v) is 12.8. The third-order valence-corrected chi connectivity index (χ3v) is 3.08. The monoisotopic (exact) mass is 315 g/mol. The molecule has 0 saturated carbocycles. The van der Waals surface area contributed by atoms with E-state index in [9.17, 15) is 9.18 Å². The van der Waals surface area contributed by atoms with Crippen molar-refractivity contribution in [3.05, 3.63) is 66.5 Å². The number of rotatable bonds is 7. The number of anilines is 1. The van der Waals surface area contributed by atoms with E-state index in [2.05, 4.69) is 11.9 Å². The van der Waals surface area contributed by atoms with Crippen molar-refractivity contribution in [3.63, 3.8) is 0 Å². The van der Waals surface area contributed by atoms with Crippen LogP contribution in [0, 0.1) is 5.82 Å². The van der Waals surface area contributed by atoms with Gasteiger partial charge in [0.15, 0.2) is 18.1 Å². The minimum absolute atomic E-state index is 0.201. The molecule has 5 heteroatoms. The summed E-state index contributed by atoms with van der Waals surface area (Å²) in [6.45, 7) is 3.49. The van der Waals surface area contributed by atoms with Gasteiger partial charge in [-0.05, 0) is 42.3 Å². The number of carbonyl (C=O) groups excluding carboxylic acids is 1. The molecule has 0 aliphatic heterocycles. The Morgan fingerprint density at radius 2 is 2.09 bits per heavy atom. The second-order valence-electron chi connectivity index (χ2n) is 4.83. The summed E-state index contributed by atoms with van der Waals surface area (Å²) in [7, 11) is 1.53. The number of hydrogen-bond donors (Lipinski definition) is 1. The van der Waals surface area contributed by atoms with Crippen LogP contribution in [-0.4, -0.2) is 19.6 Å². The number of hydrogen-bond acceptors (Lipinski definition) is 3. The first-order chi connectivity index (χ1) is 11.1. The predicted molar refractivity (Wildman–Crippen MR) is 87.4 cm³/mol. The molecule has 0 fully saturated rings. The van der Waals surface area contributed by atoms with Gasteiger partial charge in [-0.25, -0.2) is 4.39 Å². The van der Waals surface area contributed by atoms with Crippen LogP contribution in [0.2, 0.25) is 0 Å². The van der Waals surface area contributed by atoms with Gasteiger partial charge in [-0.2, -0.15) is 0 Å². The van der Waals surface area contributed by atoms with E-state index in [1.54, 1.807) is 18.2 Å². The van der Waals surface area contributed by atoms with Crippen LogP contribution >= 0.6 is 0 Å². The minimum Gasteiger partial charge on any atom is -0.493 e. The molecular formula is C18H18FNO3. The molecule has 0 radical (unpaired) electrons. The topological polar surface area (TPSA) is 47.6 Å². The first-order valence-electron chi connectivity index (χ1n) is 7.08. The van der Waals surface area contributed by atoms with Crippen LogP contribution in [0.1, 0.15) is 5.56 Å². The second kappa shape index (κ2) is 7.98. The summed E-state index contributed by atoms with van der Waals surface area (Å²) < 4.78 is 23.8. The Balaban J connectivity index is 1.97. The van der Waals surface area contributed by atoms with Gasteiger partial charge in [-0.3, -0.25) is 4.79 Å². The van der Waals surface area contributed by atoms with Crippen LogP contribution in [-0.2, 0) is 11.2 Å². The van der Waals surface area contributed by atoms with E-state index in [0.29, 0.717) is 17.2 Å². The Hall–Kier alpha value is -2.82. The maximum atomic E-state index is 13.1. The lowest BCUT2D eigenvalue weighted by atomic mass is 10.1. The maximum Gasteiger partial charge on any atom is 0.262 e. The highest BCUT2D eigenvalue weighted by molar-refractivity contribution is 5.91. The molecule has 0 heterocycles. The molecule has 1 amide bonds. The number of carbonyl (C=O) groups is 1. The van der Waals surface area contributed by atoms with Crippen molar-refractivity contribution in [2.24, 2.45) is 0 Å². The van der Waals surface area contributed by atoms with Gasteiger partial charge in [0.2, 0.25) is 0 Å². The van der Waals surface area contributed by atoms with Crippen molar-refractivity contribution in [2.75, 3.05) is 19.0 Å². The van der Waals surface area contributed by atoms with E-state index in [1.807, 2.05) is 12.1 Å². The third kappa shape index (κ3) is 4.85. The molecule has 0 aliphatic rings. The van der Waals surface area contributed by atoms with Crippen molar-refractivity contribution in [2.45, 2.75) is 6.42 Å². The highest BCUT2D eigenvalue weighted by atomic mass is 19.1. The highest BCUT2D eigenvalue weighted by Crippen LogP contribution is 2.28. The first-order valence-corrected chi connectivity index (χ1v) is 7.08. The van der Waals surface area contributed by atoms with Gasteiger partial charge in [0.05, 0.1) is 7.11 Å². The van der Waals surface area contributed by atoms with Crippen LogP contribution in [0.3, 0.4) is 0 Å². The largest absolute Gasteiger partial charge is 0.493 e.